The van der Waals surface area contributed by atoms with Gasteiger partial charge in [-0.05, 0) is 30.2 Å². The molecule has 1 aliphatic heterocycles. The number of nitrogens with zero attached hydrogens (tertiary/aromatic N) is 1. The summed E-state index contributed by atoms with van der Waals surface area (Å²) in [6, 6.07) is 12.4. The topological polar surface area (TPSA) is 133 Å². The summed E-state index contributed by atoms with van der Waals surface area (Å²) < 4.78 is 42.5. The molecule has 1 fully saturated rings. The van der Waals surface area contributed by atoms with Crippen LogP contribution in [0.1, 0.15) is 28.5 Å². The van der Waals surface area contributed by atoms with Gasteiger partial charge >= 0.3 is 17.9 Å². The molecule has 10 nitrogen and oxygen atoms in total. The fourth-order valence-electron chi connectivity index (χ4n) is 5.43. The van der Waals surface area contributed by atoms with Crippen LogP contribution in [0, 0.1) is 18.3 Å². The minimum atomic E-state index is -4.39. The smallest absolute Gasteiger partial charge is 0.322 e. The van der Waals surface area contributed by atoms with Crippen LogP contribution < -0.4 is 0 Å². The molecule has 11 heteroatoms. The Balaban J connectivity index is 1.98. The lowest BCUT2D eigenvalue weighted by Crippen LogP contribution is -2.51. The van der Waals surface area contributed by atoms with Gasteiger partial charge in [0.15, 0.2) is 11.3 Å². The van der Waals surface area contributed by atoms with E-state index < -0.39 is 57.0 Å². The molecule has 0 aromatic heterocycles. The summed E-state index contributed by atoms with van der Waals surface area (Å²) in [6.45, 7) is 1.40. The Hall–Kier alpha value is -3.73. The molecule has 2 aromatic rings. The van der Waals surface area contributed by atoms with E-state index in [4.69, 9.17) is 14.2 Å². The summed E-state index contributed by atoms with van der Waals surface area (Å²) in [5.74, 6) is -8.36. The van der Waals surface area contributed by atoms with E-state index in [1.807, 2.05) is 0 Å². The molecule has 36 heavy (non-hydrogen) atoms. The highest BCUT2D eigenvalue weighted by Crippen LogP contribution is 2.63. The van der Waals surface area contributed by atoms with Crippen molar-refractivity contribution < 1.29 is 41.8 Å². The zero-order chi connectivity index (χ0) is 26.4. The first-order valence-corrected chi connectivity index (χ1v) is 12.5. The number of sulfonamides is 1. The average molecular weight is 516 g/mol. The maximum Gasteiger partial charge on any atom is 0.322 e. The summed E-state index contributed by atoms with van der Waals surface area (Å²) in [5.41, 5.74) is -0.573. The number of methoxy groups -OCH3 is 3. The van der Waals surface area contributed by atoms with Gasteiger partial charge in [-0.25, -0.2) is 12.7 Å². The normalized spacial score (nSPS) is 22.7. The fourth-order valence-corrected chi connectivity index (χ4v) is 6.88. The summed E-state index contributed by atoms with van der Waals surface area (Å²) in [5, 5.41) is 0. The Kier molecular flexibility index (Phi) is 6.38. The zero-order valence-corrected chi connectivity index (χ0v) is 20.9. The first kappa shape index (κ1) is 25.4. The molecule has 0 spiro atoms. The monoisotopic (exact) mass is 515 g/mol. The van der Waals surface area contributed by atoms with Gasteiger partial charge in [-0.2, -0.15) is 0 Å². The number of hydrogen-bond donors (Lipinski definition) is 0. The van der Waals surface area contributed by atoms with E-state index in [0.29, 0.717) is 15.4 Å². The molecule has 1 amide bonds. The molecule has 0 saturated carbocycles. The number of ether oxygens (including phenoxy) is 3. The van der Waals surface area contributed by atoms with Crippen molar-refractivity contribution in [2.75, 3.05) is 27.9 Å². The standard InChI is InChI=1S/C25H25NO9S/c1-14-9-11-15(12-10-14)36(31,32)26-13-18-16-7-5-6-8-17(16)20(19(21(27)33-2)22(28)34-3)25(18,23(26)29)24(30)35-4/h5-12,18-20H,13H2,1-4H3/t18-,20+,25+/m1/s1. The Morgan fingerprint density at radius 1 is 0.917 bits per heavy atom. The fraction of sp³-hybridized carbons (Fsp3) is 0.360. The maximum atomic E-state index is 14.1. The molecule has 0 N–H and O–H groups in total. The molecular weight excluding hydrogens is 490 g/mol. The summed E-state index contributed by atoms with van der Waals surface area (Å²) in [6.07, 6.45) is 0. The van der Waals surface area contributed by atoms with E-state index in [1.54, 1.807) is 43.3 Å². The maximum absolute atomic E-state index is 14.1. The van der Waals surface area contributed by atoms with E-state index in [-0.39, 0.29) is 11.4 Å². The lowest BCUT2D eigenvalue weighted by atomic mass is 9.66. The van der Waals surface area contributed by atoms with E-state index in [9.17, 15) is 27.6 Å². The molecule has 2 aliphatic rings. The minimum absolute atomic E-state index is 0.135. The molecule has 1 aliphatic carbocycles. The van der Waals surface area contributed by atoms with E-state index in [0.717, 1.165) is 26.9 Å². The van der Waals surface area contributed by atoms with Crippen LogP contribution in [0.5, 0.6) is 0 Å². The van der Waals surface area contributed by atoms with Crippen molar-refractivity contribution in [2.45, 2.75) is 23.7 Å². The van der Waals surface area contributed by atoms with Crippen LogP contribution in [-0.2, 0) is 43.4 Å². The zero-order valence-electron chi connectivity index (χ0n) is 20.1. The minimum Gasteiger partial charge on any atom is -0.468 e. The van der Waals surface area contributed by atoms with Gasteiger partial charge < -0.3 is 14.2 Å². The average Bonchev–Trinajstić information content (AvgIpc) is 3.34. The molecular formula is C25H25NO9S. The number of carbonyl (C=O) groups excluding carboxylic acids is 4. The Bertz CT molecular complexity index is 1340. The van der Waals surface area contributed by atoms with Crippen molar-refractivity contribution in [2.24, 2.45) is 11.3 Å². The van der Waals surface area contributed by atoms with Gasteiger partial charge in [-0.15, -0.1) is 0 Å². The summed E-state index contributed by atoms with van der Waals surface area (Å²) >= 11 is 0. The molecule has 4 rings (SSSR count). The van der Waals surface area contributed by atoms with Gasteiger partial charge in [0.25, 0.3) is 15.9 Å². The SMILES string of the molecule is COC(=O)C(C(=O)OC)[C@@H]1c2ccccc2[C@H]2CN(S(=O)(=O)c3ccc(C)cc3)C(=O)[C@]21C(=O)OC. The van der Waals surface area contributed by atoms with Gasteiger partial charge in [0.05, 0.1) is 26.2 Å². The van der Waals surface area contributed by atoms with Gasteiger partial charge in [0.1, 0.15) is 0 Å². The number of rotatable bonds is 6. The van der Waals surface area contributed by atoms with Crippen LogP contribution >= 0.6 is 0 Å². The van der Waals surface area contributed by atoms with Crippen LogP contribution in [0.3, 0.4) is 0 Å². The van der Waals surface area contributed by atoms with Crippen molar-refractivity contribution in [1.29, 1.82) is 0 Å². The van der Waals surface area contributed by atoms with E-state index in [2.05, 4.69) is 0 Å². The Labute approximate surface area is 208 Å². The predicted octanol–water partition coefficient (Wildman–Crippen LogP) is 1.53. The second-order valence-electron chi connectivity index (χ2n) is 8.70. The molecule has 0 radical (unpaired) electrons. The van der Waals surface area contributed by atoms with Gasteiger partial charge in [0, 0.05) is 18.4 Å². The first-order valence-electron chi connectivity index (χ1n) is 11.0. The highest BCUT2D eigenvalue weighted by atomic mass is 32.2. The second-order valence-corrected chi connectivity index (χ2v) is 10.6. The second kappa shape index (κ2) is 9.05. The van der Waals surface area contributed by atoms with Crippen LogP contribution in [0.2, 0.25) is 0 Å². The lowest BCUT2D eigenvalue weighted by Gasteiger charge is -2.34. The number of benzene rings is 2. The largest absolute Gasteiger partial charge is 0.468 e. The molecule has 0 unspecified atom stereocenters. The molecule has 1 saturated heterocycles. The lowest BCUT2D eigenvalue weighted by molar-refractivity contribution is -0.167. The number of amides is 1. The van der Waals surface area contributed by atoms with Crippen molar-refractivity contribution in [3.05, 3.63) is 65.2 Å². The molecule has 3 atom stereocenters. The highest BCUT2D eigenvalue weighted by Gasteiger charge is 2.73. The van der Waals surface area contributed by atoms with Crippen LogP contribution in [-0.4, -0.2) is 64.4 Å². The number of aryl methyl sites for hydroxylation is 1. The predicted molar refractivity (Wildman–Crippen MR) is 124 cm³/mol. The van der Waals surface area contributed by atoms with Crippen molar-refractivity contribution >= 4 is 33.8 Å². The van der Waals surface area contributed by atoms with E-state index in [1.165, 1.54) is 12.1 Å². The summed E-state index contributed by atoms with van der Waals surface area (Å²) in [7, 11) is -1.20. The highest BCUT2D eigenvalue weighted by molar-refractivity contribution is 7.89. The number of carbonyl (C=O) groups is 4. The molecule has 2 aromatic carbocycles. The van der Waals surface area contributed by atoms with Crippen LogP contribution in [0.25, 0.3) is 0 Å². The van der Waals surface area contributed by atoms with E-state index >= 15 is 0 Å². The third-order valence-electron chi connectivity index (χ3n) is 7.05. The Morgan fingerprint density at radius 2 is 1.47 bits per heavy atom. The number of hydrogen-bond acceptors (Lipinski definition) is 9. The van der Waals surface area contributed by atoms with Crippen molar-refractivity contribution in [3.63, 3.8) is 0 Å². The van der Waals surface area contributed by atoms with Gasteiger partial charge in [-0.3, -0.25) is 19.2 Å². The van der Waals surface area contributed by atoms with Crippen LogP contribution in [0.15, 0.2) is 53.4 Å². The Morgan fingerprint density at radius 3 is 2.00 bits per heavy atom. The number of esters is 3. The third-order valence-corrected chi connectivity index (χ3v) is 8.81. The molecule has 0 bridgehead atoms. The van der Waals surface area contributed by atoms with Crippen molar-refractivity contribution in [3.8, 4) is 0 Å². The first-order chi connectivity index (χ1) is 17.1. The van der Waals surface area contributed by atoms with Gasteiger partial charge in [-0.1, -0.05) is 42.0 Å². The molecule has 190 valence electrons. The summed E-state index contributed by atoms with van der Waals surface area (Å²) in [4.78, 5) is 53.3. The quantitative estimate of drug-likeness (QED) is 0.319. The molecule has 1 heterocycles. The van der Waals surface area contributed by atoms with Crippen LogP contribution in [0.4, 0.5) is 0 Å². The van der Waals surface area contributed by atoms with Gasteiger partial charge in [0.2, 0.25) is 0 Å². The van der Waals surface area contributed by atoms with Crippen molar-refractivity contribution in [1.82, 2.24) is 4.31 Å². The number of fused-ring (bicyclic) bond motifs is 3. The third kappa shape index (κ3) is 3.41.